The van der Waals surface area contributed by atoms with E-state index in [0.717, 1.165) is 17.9 Å². The molecule has 106 valence electrons. The lowest BCUT2D eigenvalue weighted by Gasteiger charge is -2.09. The van der Waals surface area contributed by atoms with Gasteiger partial charge in [-0.25, -0.2) is 0 Å². The largest absolute Gasteiger partial charge is 0.482 e. The molecule has 0 saturated heterocycles. The van der Waals surface area contributed by atoms with Crippen LogP contribution in [0.1, 0.15) is 6.42 Å². The Labute approximate surface area is 117 Å². The van der Waals surface area contributed by atoms with Gasteiger partial charge in [-0.1, -0.05) is 12.1 Å². The van der Waals surface area contributed by atoms with Crippen molar-refractivity contribution in [3.8, 4) is 5.75 Å². The molecule has 0 unspecified atom stereocenters. The Kier molecular flexibility index (Phi) is 7.84. The highest BCUT2D eigenvalue weighted by Gasteiger charge is 2.04. The molecule has 0 saturated carbocycles. The number of benzene rings is 1. The van der Waals surface area contributed by atoms with Crippen LogP contribution in [0.5, 0.6) is 5.75 Å². The molecule has 5 nitrogen and oxygen atoms in total. The first-order valence-corrected chi connectivity index (χ1v) is 7.32. The zero-order chi connectivity index (χ0) is 13.9. The number of rotatable bonds is 9. The van der Waals surface area contributed by atoms with Crippen molar-refractivity contribution in [1.82, 2.24) is 5.32 Å². The molecule has 0 bridgehead atoms. The van der Waals surface area contributed by atoms with Gasteiger partial charge >= 0.3 is 0 Å². The fraction of sp³-hybridized carbons (Fsp3) is 0.462. The van der Waals surface area contributed by atoms with Crippen LogP contribution in [0.25, 0.3) is 0 Å². The summed E-state index contributed by atoms with van der Waals surface area (Å²) in [5, 5.41) is 11.4. The molecule has 0 aliphatic carbocycles. The number of carbonyl (C=O) groups excluding carboxylic acids is 1. The maximum Gasteiger partial charge on any atom is 0.257 e. The zero-order valence-corrected chi connectivity index (χ0v) is 11.6. The first-order chi connectivity index (χ1) is 9.24. The van der Waals surface area contributed by atoms with E-state index >= 15 is 0 Å². The number of aliphatic hydroxyl groups excluding tert-OH is 1. The number of carbonyl (C=O) groups is 1. The molecule has 0 heterocycles. The molecular weight excluding hydrogens is 264 g/mol. The molecule has 0 aliphatic rings. The Morgan fingerprint density at radius 2 is 2.16 bits per heavy atom. The summed E-state index contributed by atoms with van der Waals surface area (Å²) >= 11 is 1.70. The van der Waals surface area contributed by atoms with Gasteiger partial charge in [0.2, 0.25) is 0 Å². The van der Waals surface area contributed by atoms with Gasteiger partial charge in [0.1, 0.15) is 5.75 Å². The lowest BCUT2D eigenvalue weighted by molar-refractivity contribution is -0.122. The fourth-order valence-corrected chi connectivity index (χ4v) is 2.12. The molecule has 1 aromatic rings. The number of nitrogen functional groups attached to an aromatic ring is 1. The summed E-state index contributed by atoms with van der Waals surface area (Å²) in [7, 11) is 0. The van der Waals surface area contributed by atoms with E-state index in [1.165, 1.54) is 0 Å². The molecule has 1 rings (SSSR count). The Balaban J connectivity index is 2.10. The van der Waals surface area contributed by atoms with Crippen molar-refractivity contribution in [2.24, 2.45) is 0 Å². The van der Waals surface area contributed by atoms with Gasteiger partial charge in [0.25, 0.3) is 5.91 Å². The molecular formula is C13H20N2O3S. The smallest absolute Gasteiger partial charge is 0.257 e. The van der Waals surface area contributed by atoms with Crippen LogP contribution in [0.15, 0.2) is 24.3 Å². The van der Waals surface area contributed by atoms with E-state index < -0.39 is 0 Å². The highest BCUT2D eigenvalue weighted by molar-refractivity contribution is 7.99. The normalized spacial score (nSPS) is 10.2. The average molecular weight is 284 g/mol. The van der Waals surface area contributed by atoms with Crippen LogP contribution in [0.3, 0.4) is 0 Å². The quantitative estimate of drug-likeness (QED) is 0.463. The van der Waals surface area contributed by atoms with Crippen LogP contribution in [0.2, 0.25) is 0 Å². The van der Waals surface area contributed by atoms with E-state index in [1.807, 2.05) is 6.07 Å². The molecule has 19 heavy (non-hydrogen) atoms. The summed E-state index contributed by atoms with van der Waals surface area (Å²) in [5.41, 5.74) is 6.22. The van der Waals surface area contributed by atoms with Crippen molar-refractivity contribution in [1.29, 1.82) is 0 Å². The second-order valence-electron chi connectivity index (χ2n) is 3.87. The van der Waals surface area contributed by atoms with Crippen molar-refractivity contribution in [3.63, 3.8) is 0 Å². The van der Waals surface area contributed by atoms with Gasteiger partial charge in [0.15, 0.2) is 6.61 Å². The second kappa shape index (κ2) is 9.52. The summed E-state index contributed by atoms with van der Waals surface area (Å²) in [4.78, 5) is 11.5. The molecule has 0 aromatic heterocycles. The number of hydrogen-bond donors (Lipinski definition) is 3. The molecule has 0 spiro atoms. The van der Waals surface area contributed by atoms with Crippen molar-refractivity contribution < 1.29 is 14.6 Å². The minimum absolute atomic E-state index is 0.0322. The standard InChI is InChI=1S/C13H20N2O3S/c14-11-4-1-2-5-12(11)18-10-13(17)15-6-9-19-8-3-7-16/h1-2,4-5,16H,3,6-10,14H2,(H,15,17). The number of hydrogen-bond acceptors (Lipinski definition) is 5. The molecule has 0 radical (unpaired) electrons. The number of para-hydroxylation sites is 2. The minimum atomic E-state index is -0.161. The lowest BCUT2D eigenvalue weighted by atomic mass is 10.3. The molecule has 1 aromatic carbocycles. The Morgan fingerprint density at radius 1 is 1.37 bits per heavy atom. The predicted molar refractivity (Wildman–Crippen MR) is 78.4 cm³/mol. The number of aliphatic hydroxyl groups is 1. The van der Waals surface area contributed by atoms with Crippen LogP contribution in [0.4, 0.5) is 5.69 Å². The number of nitrogens with one attached hydrogen (secondary N) is 1. The van der Waals surface area contributed by atoms with Crippen molar-refractivity contribution >= 4 is 23.4 Å². The molecule has 1 amide bonds. The third kappa shape index (κ3) is 6.93. The van der Waals surface area contributed by atoms with Gasteiger partial charge in [-0.3, -0.25) is 4.79 Å². The van der Waals surface area contributed by atoms with Crippen molar-refractivity contribution in [3.05, 3.63) is 24.3 Å². The van der Waals surface area contributed by atoms with Crippen molar-refractivity contribution in [2.45, 2.75) is 6.42 Å². The van der Waals surface area contributed by atoms with Crippen LogP contribution >= 0.6 is 11.8 Å². The highest BCUT2D eigenvalue weighted by Crippen LogP contribution is 2.19. The molecule has 0 atom stereocenters. The van der Waals surface area contributed by atoms with E-state index in [2.05, 4.69) is 5.32 Å². The van der Waals surface area contributed by atoms with Crippen LogP contribution in [-0.2, 0) is 4.79 Å². The summed E-state index contributed by atoms with van der Waals surface area (Å²) < 4.78 is 5.32. The van der Waals surface area contributed by atoms with Gasteiger partial charge < -0.3 is 20.9 Å². The zero-order valence-electron chi connectivity index (χ0n) is 10.8. The first-order valence-electron chi connectivity index (χ1n) is 6.16. The van der Waals surface area contributed by atoms with Crippen molar-refractivity contribution in [2.75, 3.05) is 37.0 Å². The number of thioether (sulfide) groups is 1. The Morgan fingerprint density at radius 3 is 2.89 bits per heavy atom. The summed E-state index contributed by atoms with van der Waals surface area (Å²) in [6.07, 6.45) is 0.787. The van der Waals surface area contributed by atoms with Gasteiger partial charge in [0, 0.05) is 18.9 Å². The average Bonchev–Trinajstić information content (AvgIpc) is 2.42. The maximum atomic E-state index is 11.5. The van der Waals surface area contributed by atoms with Gasteiger partial charge in [-0.05, 0) is 24.3 Å². The monoisotopic (exact) mass is 284 g/mol. The third-order valence-electron chi connectivity index (χ3n) is 2.29. The van der Waals surface area contributed by atoms with E-state index in [-0.39, 0.29) is 19.1 Å². The second-order valence-corrected chi connectivity index (χ2v) is 5.09. The van der Waals surface area contributed by atoms with Gasteiger partial charge in [0.05, 0.1) is 5.69 Å². The number of amides is 1. The molecule has 0 aliphatic heterocycles. The molecule has 4 N–H and O–H groups in total. The highest BCUT2D eigenvalue weighted by atomic mass is 32.2. The number of anilines is 1. The van der Waals surface area contributed by atoms with E-state index in [4.69, 9.17) is 15.6 Å². The Bertz CT molecular complexity index is 388. The van der Waals surface area contributed by atoms with E-state index in [1.54, 1.807) is 30.0 Å². The molecule has 6 heteroatoms. The molecule has 0 fully saturated rings. The summed E-state index contributed by atoms with van der Waals surface area (Å²) in [6.45, 7) is 0.782. The topological polar surface area (TPSA) is 84.6 Å². The number of ether oxygens (including phenoxy) is 1. The summed E-state index contributed by atoms with van der Waals surface area (Å²) in [6, 6.07) is 7.08. The fourth-order valence-electron chi connectivity index (χ4n) is 1.34. The lowest BCUT2D eigenvalue weighted by Crippen LogP contribution is -2.30. The van der Waals surface area contributed by atoms with Crippen LogP contribution in [0, 0.1) is 0 Å². The maximum absolute atomic E-state index is 11.5. The van der Waals surface area contributed by atoms with Crippen LogP contribution in [-0.4, -0.2) is 42.3 Å². The number of nitrogens with two attached hydrogens (primary N) is 1. The predicted octanol–water partition coefficient (Wildman–Crippen LogP) is 0.879. The van der Waals surface area contributed by atoms with Gasteiger partial charge in [-0.15, -0.1) is 0 Å². The first kappa shape index (κ1) is 15.7. The SMILES string of the molecule is Nc1ccccc1OCC(=O)NCCSCCCO. The third-order valence-corrected chi connectivity index (χ3v) is 3.36. The minimum Gasteiger partial charge on any atom is -0.482 e. The Hall–Kier alpha value is -1.40. The van der Waals surface area contributed by atoms with E-state index in [9.17, 15) is 4.79 Å². The van der Waals surface area contributed by atoms with Gasteiger partial charge in [-0.2, -0.15) is 11.8 Å². The van der Waals surface area contributed by atoms with E-state index in [0.29, 0.717) is 18.0 Å². The van der Waals surface area contributed by atoms with Crippen LogP contribution < -0.4 is 15.8 Å². The summed E-state index contributed by atoms with van der Waals surface area (Å²) in [5.74, 6) is 2.10.